The predicted molar refractivity (Wildman–Crippen MR) is 104 cm³/mol. The Morgan fingerprint density at radius 2 is 1.96 bits per heavy atom. The minimum Gasteiger partial charge on any atom is -0.468 e. The maximum Gasteiger partial charge on any atom is 0.257 e. The summed E-state index contributed by atoms with van der Waals surface area (Å²) >= 11 is 0. The number of furan rings is 1. The topological polar surface area (TPSA) is 84.4 Å². The summed E-state index contributed by atoms with van der Waals surface area (Å²) in [4.78, 5) is 19.2. The van der Waals surface area contributed by atoms with Crippen molar-refractivity contribution in [3.8, 4) is 11.5 Å². The zero-order chi connectivity index (χ0) is 19.3. The highest BCUT2D eigenvalue weighted by Crippen LogP contribution is 2.25. The number of nitrogens with zero attached hydrogens (tertiary/aromatic N) is 3. The predicted octanol–water partition coefficient (Wildman–Crippen LogP) is 3.60. The second-order valence-corrected chi connectivity index (χ2v) is 7.06. The van der Waals surface area contributed by atoms with Crippen LogP contribution in [-0.4, -0.2) is 40.6 Å². The van der Waals surface area contributed by atoms with Crippen LogP contribution in [0.1, 0.15) is 47.2 Å². The summed E-state index contributed by atoms with van der Waals surface area (Å²) in [5.74, 6) is 1.82. The molecule has 3 heterocycles. The van der Waals surface area contributed by atoms with E-state index in [1.807, 2.05) is 24.3 Å². The van der Waals surface area contributed by atoms with Crippen LogP contribution in [0.15, 0.2) is 51.6 Å². The fraction of sp³-hybridized carbons (Fsp3) is 0.381. The molecule has 1 amide bonds. The van der Waals surface area contributed by atoms with E-state index in [9.17, 15) is 4.79 Å². The summed E-state index contributed by atoms with van der Waals surface area (Å²) in [6.45, 7) is 4.34. The van der Waals surface area contributed by atoms with Crippen molar-refractivity contribution in [2.24, 2.45) is 0 Å². The van der Waals surface area contributed by atoms with Crippen LogP contribution in [0.4, 0.5) is 0 Å². The largest absolute Gasteiger partial charge is 0.468 e. The van der Waals surface area contributed by atoms with E-state index in [1.54, 1.807) is 25.3 Å². The van der Waals surface area contributed by atoms with E-state index in [1.165, 1.54) is 19.3 Å². The molecule has 2 aromatic heterocycles. The number of aryl methyl sites for hydroxylation is 1. The van der Waals surface area contributed by atoms with E-state index in [-0.39, 0.29) is 11.9 Å². The normalized spacial score (nSPS) is 16.0. The molecule has 1 aromatic carbocycles. The highest BCUT2D eigenvalue weighted by molar-refractivity contribution is 5.94. The van der Waals surface area contributed by atoms with Crippen LogP contribution in [0.3, 0.4) is 0 Å². The lowest BCUT2D eigenvalue weighted by Gasteiger charge is -2.33. The van der Waals surface area contributed by atoms with Crippen LogP contribution in [-0.2, 0) is 0 Å². The second-order valence-electron chi connectivity index (χ2n) is 7.06. The van der Waals surface area contributed by atoms with Gasteiger partial charge in [0.05, 0.1) is 12.3 Å². The van der Waals surface area contributed by atoms with Gasteiger partial charge in [-0.2, -0.15) is 4.98 Å². The Labute approximate surface area is 163 Å². The maximum absolute atomic E-state index is 12.6. The third kappa shape index (κ3) is 4.14. The summed E-state index contributed by atoms with van der Waals surface area (Å²) in [6.07, 6.45) is 5.31. The van der Waals surface area contributed by atoms with Crippen molar-refractivity contribution in [1.29, 1.82) is 0 Å². The summed E-state index contributed by atoms with van der Waals surface area (Å²) in [6, 6.07) is 11.1. The molecule has 3 aromatic rings. The Hall–Kier alpha value is -2.93. The standard InChI is InChI=1S/C21H24N4O3/c1-15-23-21(28-24-15)17-9-7-16(8-10-17)20(26)22-14-18(19-6-5-13-27-19)25-11-3-2-4-12-25/h5-10,13,18H,2-4,11-12,14H2,1H3,(H,22,26). The van der Waals surface area contributed by atoms with Crippen LogP contribution in [0.2, 0.25) is 0 Å². The lowest BCUT2D eigenvalue weighted by Crippen LogP contribution is -2.40. The molecule has 1 unspecified atom stereocenters. The molecule has 0 bridgehead atoms. The number of hydrogen-bond acceptors (Lipinski definition) is 6. The van der Waals surface area contributed by atoms with Crippen LogP contribution in [0, 0.1) is 6.92 Å². The van der Waals surface area contributed by atoms with Crippen molar-refractivity contribution < 1.29 is 13.7 Å². The number of benzene rings is 1. The van der Waals surface area contributed by atoms with E-state index in [2.05, 4.69) is 20.4 Å². The van der Waals surface area contributed by atoms with Crippen LogP contribution >= 0.6 is 0 Å². The molecule has 0 aliphatic carbocycles. The van der Waals surface area contributed by atoms with Crippen molar-refractivity contribution in [2.45, 2.75) is 32.2 Å². The number of piperidine rings is 1. The Morgan fingerprint density at radius 3 is 2.61 bits per heavy atom. The quantitative estimate of drug-likeness (QED) is 0.703. The van der Waals surface area contributed by atoms with Crippen molar-refractivity contribution in [1.82, 2.24) is 20.4 Å². The molecular weight excluding hydrogens is 356 g/mol. The smallest absolute Gasteiger partial charge is 0.257 e. The summed E-state index contributed by atoms with van der Waals surface area (Å²) in [5, 5.41) is 6.85. The molecule has 7 nitrogen and oxygen atoms in total. The fourth-order valence-corrected chi connectivity index (χ4v) is 3.59. The van der Waals surface area contributed by atoms with Gasteiger partial charge in [0.1, 0.15) is 5.76 Å². The Bertz CT molecular complexity index is 896. The number of carbonyl (C=O) groups excluding carboxylic acids is 1. The summed E-state index contributed by atoms with van der Waals surface area (Å²) in [5.41, 5.74) is 1.38. The molecule has 1 aliphatic heterocycles. The first kappa shape index (κ1) is 18.4. The van der Waals surface area contributed by atoms with Crippen molar-refractivity contribution >= 4 is 5.91 Å². The van der Waals surface area contributed by atoms with E-state index < -0.39 is 0 Å². The first-order valence-electron chi connectivity index (χ1n) is 9.67. The molecule has 28 heavy (non-hydrogen) atoms. The highest BCUT2D eigenvalue weighted by Gasteiger charge is 2.25. The molecule has 0 spiro atoms. The highest BCUT2D eigenvalue weighted by atomic mass is 16.5. The number of hydrogen-bond donors (Lipinski definition) is 1. The Morgan fingerprint density at radius 1 is 1.18 bits per heavy atom. The van der Waals surface area contributed by atoms with Crippen LogP contribution in [0.5, 0.6) is 0 Å². The van der Waals surface area contributed by atoms with Gasteiger partial charge in [0.15, 0.2) is 5.82 Å². The average molecular weight is 380 g/mol. The van der Waals surface area contributed by atoms with Gasteiger partial charge in [-0.25, -0.2) is 0 Å². The van der Waals surface area contributed by atoms with E-state index in [0.717, 1.165) is 24.4 Å². The number of rotatable bonds is 6. The minimum absolute atomic E-state index is 0.0555. The molecule has 0 saturated carbocycles. The summed E-state index contributed by atoms with van der Waals surface area (Å²) in [7, 11) is 0. The van der Waals surface area contributed by atoms with Gasteiger partial charge in [-0.1, -0.05) is 11.6 Å². The van der Waals surface area contributed by atoms with Gasteiger partial charge in [0.2, 0.25) is 0 Å². The van der Waals surface area contributed by atoms with Gasteiger partial charge >= 0.3 is 0 Å². The van der Waals surface area contributed by atoms with E-state index in [4.69, 9.17) is 8.94 Å². The monoisotopic (exact) mass is 380 g/mol. The molecule has 4 rings (SSSR count). The molecular formula is C21H24N4O3. The molecule has 1 atom stereocenters. The van der Waals surface area contributed by atoms with Crippen LogP contribution < -0.4 is 5.32 Å². The molecule has 1 N–H and O–H groups in total. The van der Waals surface area contributed by atoms with E-state index >= 15 is 0 Å². The number of nitrogens with one attached hydrogen (secondary N) is 1. The third-order valence-corrected chi connectivity index (χ3v) is 5.08. The molecule has 1 saturated heterocycles. The van der Waals surface area contributed by atoms with Gasteiger partial charge in [-0.15, -0.1) is 0 Å². The first-order chi connectivity index (χ1) is 13.7. The molecule has 1 fully saturated rings. The van der Waals surface area contributed by atoms with Crippen molar-refractivity contribution in [2.75, 3.05) is 19.6 Å². The molecule has 146 valence electrons. The second kappa shape index (κ2) is 8.39. The molecule has 7 heteroatoms. The van der Waals surface area contributed by atoms with Crippen LogP contribution in [0.25, 0.3) is 11.5 Å². The minimum atomic E-state index is -0.109. The van der Waals surface area contributed by atoms with Gasteiger partial charge in [-0.05, 0) is 69.3 Å². The van der Waals surface area contributed by atoms with Crippen molar-refractivity contribution in [3.63, 3.8) is 0 Å². The summed E-state index contributed by atoms with van der Waals surface area (Å²) < 4.78 is 10.8. The molecule has 0 radical (unpaired) electrons. The SMILES string of the molecule is Cc1noc(-c2ccc(C(=O)NCC(c3ccco3)N3CCCCC3)cc2)n1. The Balaban J connectivity index is 1.41. The lowest BCUT2D eigenvalue weighted by atomic mass is 10.1. The number of amides is 1. The number of aromatic nitrogens is 2. The van der Waals surface area contributed by atoms with Gasteiger partial charge in [-0.3, -0.25) is 9.69 Å². The first-order valence-corrected chi connectivity index (χ1v) is 9.67. The van der Waals surface area contributed by atoms with Gasteiger partial charge in [0, 0.05) is 17.7 Å². The Kier molecular flexibility index (Phi) is 5.53. The lowest BCUT2D eigenvalue weighted by molar-refractivity contribution is 0.0914. The fourth-order valence-electron chi connectivity index (χ4n) is 3.59. The third-order valence-electron chi connectivity index (χ3n) is 5.08. The van der Waals surface area contributed by atoms with Gasteiger partial charge in [0.25, 0.3) is 11.8 Å². The van der Waals surface area contributed by atoms with E-state index in [0.29, 0.717) is 23.8 Å². The zero-order valence-corrected chi connectivity index (χ0v) is 15.9. The zero-order valence-electron chi connectivity index (χ0n) is 15.9. The number of likely N-dealkylation sites (tertiary alicyclic amines) is 1. The average Bonchev–Trinajstić information content (AvgIpc) is 3.41. The maximum atomic E-state index is 12.6. The van der Waals surface area contributed by atoms with Crippen molar-refractivity contribution in [3.05, 3.63) is 59.8 Å². The number of carbonyl (C=O) groups is 1. The van der Waals surface area contributed by atoms with Gasteiger partial charge < -0.3 is 14.3 Å². The molecule has 1 aliphatic rings.